The van der Waals surface area contributed by atoms with Gasteiger partial charge in [-0.3, -0.25) is 0 Å². The molecule has 0 saturated carbocycles. The van der Waals surface area contributed by atoms with Crippen molar-refractivity contribution in [2.24, 2.45) is 0 Å². The molecule has 2 aromatic rings. The van der Waals surface area contributed by atoms with Gasteiger partial charge in [-0.15, -0.1) is 0 Å². The first kappa shape index (κ1) is 12.8. The van der Waals surface area contributed by atoms with Crippen LogP contribution < -0.4 is 0 Å². The van der Waals surface area contributed by atoms with Crippen molar-refractivity contribution in [3.8, 4) is 0 Å². The molecule has 2 rings (SSSR count). The lowest BCUT2D eigenvalue weighted by atomic mass is 10.1. The van der Waals surface area contributed by atoms with Gasteiger partial charge in [0.25, 0.3) is 0 Å². The molecule has 0 aromatic heterocycles. The summed E-state index contributed by atoms with van der Waals surface area (Å²) in [6, 6.07) is 19.8. The largest absolute Gasteiger partial charge is 0.386 e. The van der Waals surface area contributed by atoms with Gasteiger partial charge in [-0.2, -0.15) is 0 Å². The molecule has 2 nitrogen and oxygen atoms in total. The van der Waals surface area contributed by atoms with E-state index in [0.717, 1.165) is 12.0 Å². The van der Waals surface area contributed by atoms with Crippen molar-refractivity contribution < 1.29 is 9.84 Å². The number of rotatable bonds is 6. The first-order valence-electron chi connectivity index (χ1n) is 6.21. The Morgan fingerprint density at radius 3 is 2.17 bits per heavy atom. The molecule has 0 radical (unpaired) electrons. The summed E-state index contributed by atoms with van der Waals surface area (Å²) in [5.74, 6) is 0. The number of hydrogen-bond donors (Lipinski definition) is 1. The Balaban J connectivity index is 1.70. The summed E-state index contributed by atoms with van der Waals surface area (Å²) in [5.41, 5.74) is 2.16. The van der Waals surface area contributed by atoms with Crippen molar-refractivity contribution in [3.05, 3.63) is 71.8 Å². The van der Waals surface area contributed by atoms with E-state index < -0.39 is 6.10 Å². The molecular weight excluding hydrogens is 224 g/mol. The molecule has 94 valence electrons. The van der Waals surface area contributed by atoms with Gasteiger partial charge in [0, 0.05) is 0 Å². The van der Waals surface area contributed by atoms with Crippen LogP contribution in [0.4, 0.5) is 0 Å². The first-order valence-corrected chi connectivity index (χ1v) is 6.21. The lowest BCUT2D eigenvalue weighted by Crippen LogP contribution is -2.09. The highest BCUT2D eigenvalue weighted by Crippen LogP contribution is 2.12. The first-order chi connectivity index (χ1) is 8.86. The SMILES string of the molecule is OC(COCCc1ccccc1)c1ccccc1. The van der Waals surface area contributed by atoms with Crippen LogP contribution >= 0.6 is 0 Å². The van der Waals surface area contributed by atoms with E-state index >= 15 is 0 Å². The van der Waals surface area contributed by atoms with Crippen molar-refractivity contribution in [1.29, 1.82) is 0 Å². The van der Waals surface area contributed by atoms with E-state index in [1.54, 1.807) is 0 Å². The average Bonchev–Trinajstić information content (AvgIpc) is 2.45. The zero-order valence-corrected chi connectivity index (χ0v) is 10.3. The Hall–Kier alpha value is -1.64. The van der Waals surface area contributed by atoms with E-state index in [2.05, 4.69) is 12.1 Å². The van der Waals surface area contributed by atoms with Crippen LogP contribution in [0.25, 0.3) is 0 Å². The highest BCUT2D eigenvalue weighted by molar-refractivity contribution is 5.17. The zero-order chi connectivity index (χ0) is 12.6. The minimum atomic E-state index is -0.540. The van der Waals surface area contributed by atoms with Gasteiger partial charge in [-0.1, -0.05) is 60.7 Å². The van der Waals surface area contributed by atoms with Gasteiger partial charge in [0.15, 0.2) is 0 Å². The maximum absolute atomic E-state index is 9.89. The zero-order valence-electron chi connectivity index (χ0n) is 10.3. The standard InChI is InChI=1S/C16H18O2/c17-16(15-9-5-2-6-10-15)13-18-12-11-14-7-3-1-4-8-14/h1-10,16-17H,11-13H2. The smallest absolute Gasteiger partial charge is 0.102 e. The van der Waals surface area contributed by atoms with E-state index in [0.29, 0.717) is 13.2 Å². The van der Waals surface area contributed by atoms with Gasteiger partial charge in [-0.05, 0) is 17.5 Å². The van der Waals surface area contributed by atoms with Gasteiger partial charge in [0.1, 0.15) is 6.10 Å². The van der Waals surface area contributed by atoms with Gasteiger partial charge >= 0.3 is 0 Å². The van der Waals surface area contributed by atoms with Crippen LogP contribution in [0.5, 0.6) is 0 Å². The molecule has 18 heavy (non-hydrogen) atoms. The normalized spacial score (nSPS) is 12.3. The molecule has 0 aliphatic heterocycles. The fourth-order valence-corrected chi connectivity index (χ4v) is 1.80. The quantitative estimate of drug-likeness (QED) is 0.789. The summed E-state index contributed by atoms with van der Waals surface area (Å²) in [6.45, 7) is 0.977. The Morgan fingerprint density at radius 2 is 1.50 bits per heavy atom. The molecule has 2 heteroatoms. The molecule has 0 amide bonds. The summed E-state index contributed by atoms with van der Waals surface area (Å²) in [4.78, 5) is 0. The number of hydrogen-bond acceptors (Lipinski definition) is 2. The van der Waals surface area contributed by atoms with E-state index in [4.69, 9.17) is 4.74 Å². The number of benzene rings is 2. The second-order valence-electron chi connectivity index (χ2n) is 4.24. The molecule has 1 unspecified atom stereocenters. The van der Waals surface area contributed by atoms with Crippen molar-refractivity contribution in [2.45, 2.75) is 12.5 Å². The van der Waals surface area contributed by atoms with Crippen LogP contribution in [-0.4, -0.2) is 18.3 Å². The maximum atomic E-state index is 9.89. The monoisotopic (exact) mass is 242 g/mol. The number of aliphatic hydroxyl groups excluding tert-OH is 1. The van der Waals surface area contributed by atoms with Crippen LogP contribution in [0.1, 0.15) is 17.2 Å². The Labute approximate surface area is 108 Å². The van der Waals surface area contributed by atoms with Gasteiger partial charge in [0.2, 0.25) is 0 Å². The van der Waals surface area contributed by atoms with Gasteiger partial charge < -0.3 is 9.84 Å². The van der Waals surface area contributed by atoms with Crippen molar-refractivity contribution in [3.63, 3.8) is 0 Å². The second kappa shape index (κ2) is 6.94. The molecule has 0 spiro atoms. The number of ether oxygens (including phenoxy) is 1. The van der Waals surface area contributed by atoms with Crippen LogP contribution in [0.15, 0.2) is 60.7 Å². The van der Waals surface area contributed by atoms with E-state index in [1.807, 2.05) is 48.5 Å². The van der Waals surface area contributed by atoms with Crippen LogP contribution in [0.3, 0.4) is 0 Å². The van der Waals surface area contributed by atoms with Crippen molar-refractivity contribution >= 4 is 0 Å². The van der Waals surface area contributed by atoms with Gasteiger partial charge in [-0.25, -0.2) is 0 Å². The summed E-state index contributed by atoms with van der Waals surface area (Å²) in [7, 11) is 0. The Morgan fingerprint density at radius 1 is 0.889 bits per heavy atom. The molecular formula is C16H18O2. The van der Waals surface area contributed by atoms with E-state index in [-0.39, 0.29) is 0 Å². The molecule has 0 bridgehead atoms. The Bertz CT molecular complexity index is 439. The predicted octanol–water partition coefficient (Wildman–Crippen LogP) is 2.98. The van der Waals surface area contributed by atoms with Crippen LogP contribution in [0, 0.1) is 0 Å². The molecule has 2 aromatic carbocycles. The summed E-state index contributed by atoms with van der Waals surface area (Å²) in [5, 5.41) is 9.89. The highest BCUT2D eigenvalue weighted by atomic mass is 16.5. The van der Waals surface area contributed by atoms with Crippen molar-refractivity contribution in [1.82, 2.24) is 0 Å². The van der Waals surface area contributed by atoms with Gasteiger partial charge in [0.05, 0.1) is 13.2 Å². The molecule has 0 heterocycles. The predicted molar refractivity (Wildman–Crippen MR) is 72.4 cm³/mol. The lowest BCUT2D eigenvalue weighted by Gasteiger charge is -2.11. The fourth-order valence-electron chi connectivity index (χ4n) is 1.80. The molecule has 0 fully saturated rings. The number of aliphatic hydroxyl groups is 1. The summed E-state index contributed by atoms with van der Waals surface area (Å²) >= 11 is 0. The van der Waals surface area contributed by atoms with Crippen LogP contribution in [-0.2, 0) is 11.2 Å². The fraction of sp³-hybridized carbons (Fsp3) is 0.250. The van der Waals surface area contributed by atoms with E-state index in [1.165, 1.54) is 5.56 Å². The van der Waals surface area contributed by atoms with E-state index in [9.17, 15) is 5.11 Å². The minimum Gasteiger partial charge on any atom is -0.386 e. The summed E-state index contributed by atoms with van der Waals surface area (Å²) < 4.78 is 5.50. The van der Waals surface area contributed by atoms with Crippen molar-refractivity contribution in [2.75, 3.05) is 13.2 Å². The second-order valence-corrected chi connectivity index (χ2v) is 4.24. The average molecular weight is 242 g/mol. The lowest BCUT2D eigenvalue weighted by molar-refractivity contribution is 0.0374. The maximum Gasteiger partial charge on any atom is 0.102 e. The molecule has 0 aliphatic carbocycles. The molecule has 0 saturated heterocycles. The third kappa shape index (κ3) is 3.99. The topological polar surface area (TPSA) is 29.5 Å². The molecule has 1 atom stereocenters. The summed E-state index contributed by atoms with van der Waals surface area (Å²) in [6.07, 6.45) is 0.337. The third-order valence-corrected chi connectivity index (χ3v) is 2.84. The van der Waals surface area contributed by atoms with Crippen LogP contribution in [0.2, 0.25) is 0 Å². The highest BCUT2D eigenvalue weighted by Gasteiger charge is 2.06. The Kier molecular flexibility index (Phi) is 4.94. The molecule has 0 aliphatic rings. The third-order valence-electron chi connectivity index (χ3n) is 2.84. The minimum absolute atomic E-state index is 0.344. The molecule has 1 N–H and O–H groups in total.